The Morgan fingerprint density at radius 1 is 1.06 bits per heavy atom. The Morgan fingerprint density at radius 2 is 1.88 bits per heavy atom. The van der Waals surface area contributed by atoms with Crippen molar-refractivity contribution in [3.05, 3.63) is 35.9 Å². The van der Waals surface area contributed by atoms with Crippen molar-refractivity contribution >= 4 is 17.1 Å². The molecule has 0 aliphatic heterocycles. The Labute approximate surface area is 93.6 Å². The van der Waals surface area contributed by atoms with Gasteiger partial charge in [0, 0.05) is 17.0 Å². The second-order valence-electron chi connectivity index (χ2n) is 3.43. The van der Waals surface area contributed by atoms with E-state index in [4.69, 9.17) is 9.47 Å². The fraction of sp³-hybridized carbons (Fsp3) is 0.154. The molecule has 0 amide bonds. The topological polar surface area (TPSA) is 35.5 Å². The normalized spacial score (nSPS) is 10.1. The highest BCUT2D eigenvalue weighted by Crippen LogP contribution is 2.31. The first-order valence-electron chi connectivity index (χ1n) is 4.89. The molecule has 82 valence electrons. The molecule has 0 unspecified atom stereocenters. The van der Waals surface area contributed by atoms with Gasteiger partial charge < -0.3 is 9.47 Å². The largest absolute Gasteiger partial charge is 0.497 e. The van der Waals surface area contributed by atoms with E-state index in [1.807, 2.05) is 24.3 Å². The fourth-order valence-electron chi connectivity index (χ4n) is 1.69. The minimum absolute atomic E-state index is 0.641. The van der Waals surface area contributed by atoms with Crippen molar-refractivity contribution in [1.29, 1.82) is 0 Å². The molecule has 0 aliphatic carbocycles. The molecule has 0 aliphatic rings. The van der Waals surface area contributed by atoms with Crippen LogP contribution in [0.4, 0.5) is 0 Å². The number of ether oxygens (including phenoxy) is 2. The van der Waals surface area contributed by atoms with Crippen LogP contribution < -0.4 is 9.47 Å². The number of methoxy groups -OCH3 is 2. The van der Waals surface area contributed by atoms with E-state index in [0.717, 1.165) is 22.8 Å². The van der Waals surface area contributed by atoms with Gasteiger partial charge in [0.25, 0.3) is 0 Å². The second-order valence-corrected chi connectivity index (χ2v) is 3.43. The Kier molecular flexibility index (Phi) is 2.77. The van der Waals surface area contributed by atoms with Crippen molar-refractivity contribution in [2.75, 3.05) is 14.2 Å². The standard InChI is InChI=1S/C13H12O3/c1-15-11-6-10-5-9(8-14)3-4-12(10)13(7-11)16-2/h3-8H,1-2H3. The average Bonchev–Trinajstić information content (AvgIpc) is 2.36. The molecule has 0 atom stereocenters. The lowest BCUT2D eigenvalue weighted by Crippen LogP contribution is -1.89. The van der Waals surface area contributed by atoms with Crippen LogP contribution in [0.1, 0.15) is 10.4 Å². The summed E-state index contributed by atoms with van der Waals surface area (Å²) in [5.74, 6) is 1.46. The molecule has 0 saturated carbocycles. The van der Waals surface area contributed by atoms with Gasteiger partial charge in [0.15, 0.2) is 0 Å². The Hall–Kier alpha value is -2.03. The maximum absolute atomic E-state index is 10.7. The van der Waals surface area contributed by atoms with Crippen LogP contribution in [0.25, 0.3) is 10.8 Å². The summed E-state index contributed by atoms with van der Waals surface area (Å²) in [6, 6.07) is 9.16. The molecule has 0 aromatic heterocycles. The molecule has 0 radical (unpaired) electrons. The summed E-state index contributed by atoms with van der Waals surface area (Å²) < 4.78 is 10.4. The van der Waals surface area contributed by atoms with Gasteiger partial charge in [-0.25, -0.2) is 0 Å². The van der Waals surface area contributed by atoms with Crippen LogP contribution in [0, 0.1) is 0 Å². The van der Waals surface area contributed by atoms with Crippen molar-refractivity contribution < 1.29 is 14.3 Å². The van der Waals surface area contributed by atoms with Gasteiger partial charge in [-0.2, -0.15) is 0 Å². The number of fused-ring (bicyclic) bond motifs is 1. The molecule has 16 heavy (non-hydrogen) atoms. The second kappa shape index (κ2) is 4.23. The summed E-state index contributed by atoms with van der Waals surface area (Å²) in [6.07, 6.45) is 0.825. The maximum atomic E-state index is 10.7. The zero-order valence-corrected chi connectivity index (χ0v) is 9.19. The highest BCUT2D eigenvalue weighted by Gasteiger charge is 2.05. The van der Waals surface area contributed by atoms with E-state index in [1.54, 1.807) is 20.3 Å². The van der Waals surface area contributed by atoms with Crippen LogP contribution >= 0.6 is 0 Å². The average molecular weight is 216 g/mol. The minimum atomic E-state index is 0.641. The molecule has 2 aromatic carbocycles. The number of benzene rings is 2. The molecule has 2 rings (SSSR count). The molecule has 2 aromatic rings. The number of hydrogen-bond donors (Lipinski definition) is 0. The Morgan fingerprint density at radius 3 is 2.50 bits per heavy atom. The van der Waals surface area contributed by atoms with E-state index in [9.17, 15) is 4.79 Å². The highest BCUT2D eigenvalue weighted by molar-refractivity contribution is 5.93. The van der Waals surface area contributed by atoms with E-state index in [0.29, 0.717) is 11.3 Å². The molecule has 0 heterocycles. The summed E-state index contributed by atoms with van der Waals surface area (Å²) in [5.41, 5.74) is 0.641. The maximum Gasteiger partial charge on any atom is 0.150 e. The summed E-state index contributed by atoms with van der Waals surface area (Å²) in [5, 5.41) is 1.90. The van der Waals surface area contributed by atoms with E-state index in [-0.39, 0.29) is 0 Å². The third kappa shape index (κ3) is 1.72. The zero-order chi connectivity index (χ0) is 11.5. The smallest absolute Gasteiger partial charge is 0.150 e. The van der Waals surface area contributed by atoms with Gasteiger partial charge in [-0.15, -0.1) is 0 Å². The molecular weight excluding hydrogens is 204 g/mol. The molecule has 0 saturated heterocycles. The number of carbonyl (C=O) groups excluding carboxylic acids is 1. The predicted molar refractivity (Wildman–Crippen MR) is 62.4 cm³/mol. The third-order valence-corrected chi connectivity index (χ3v) is 2.50. The van der Waals surface area contributed by atoms with Crippen LogP contribution in [-0.2, 0) is 0 Å². The molecule has 3 nitrogen and oxygen atoms in total. The summed E-state index contributed by atoms with van der Waals surface area (Å²) in [7, 11) is 3.21. The molecule has 0 fully saturated rings. The lowest BCUT2D eigenvalue weighted by atomic mass is 10.1. The first-order valence-corrected chi connectivity index (χ1v) is 4.89. The van der Waals surface area contributed by atoms with Gasteiger partial charge >= 0.3 is 0 Å². The molecular formula is C13H12O3. The summed E-state index contributed by atoms with van der Waals surface area (Å²) in [6.45, 7) is 0. The van der Waals surface area contributed by atoms with Crippen molar-refractivity contribution in [2.45, 2.75) is 0 Å². The third-order valence-electron chi connectivity index (χ3n) is 2.50. The first-order chi connectivity index (χ1) is 7.78. The Bertz CT molecular complexity index is 532. The van der Waals surface area contributed by atoms with Gasteiger partial charge in [-0.3, -0.25) is 4.79 Å². The molecule has 0 bridgehead atoms. The van der Waals surface area contributed by atoms with Gasteiger partial charge in [-0.1, -0.05) is 6.07 Å². The van der Waals surface area contributed by atoms with Crippen molar-refractivity contribution in [2.24, 2.45) is 0 Å². The van der Waals surface area contributed by atoms with Crippen LogP contribution in [0.5, 0.6) is 11.5 Å². The van der Waals surface area contributed by atoms with Crippen molar-refractivity contribution in [1.82, 2.24) is 0 Å². The van der Waals surface area contributed by atoms with Crippen molar-refractivity contribution in [3.63, 3.8) is 0 Å². The van der Waals surface area contributed by atoms with Gasteiger partial charge in [0.05, 0.1) is 14.2 Å². The van der Waals surface area contributed by atoms with Crippen LogP contribution in [-0.4, -0.2) is 20.5 Å². The van der Waals surface area contributed by atoms with Crippen molar-refractivity contribution in [3.8, 4) is 11.5 Å². The predicted octanol–water partition coefficient (Wildman–Crippen LogP) is 2.67. The highest BCUT2D eigenvalue weighted by atomic mass is 16.5. The van der Waals surface area contributed by atoms with Crippen LogP contribution in [0.3, 0.4) is 0 Å². The first kappa shape index (κ1) is 10.5. The minimum Gasteiger partial charge on any atom is -0.497 e. The molecule has 3 heteroatoms. The lowest BCUT2D eigenvalue weighted by molar-refractivity contribution is 0.112. The molecule has 0 spiro atoms. The van der Waals surface area contributed by atoms with E-state index in [2.05, 4.69) is 0 Å². The van der Waals surface area contributed by atoms with Gasteiger partial charge in [0.2, 0.25) is 0 Å². The zero-order valence-electron chi connectivity index (χ0n) is 9.19. The number of rotatable bonds is 3. The summed E-state index contributed by atoms with van der Waals surface area (Å²) >= 11 is 0. The van der Waals surface area contributed by atoms with Crippen LogP contribution in [0.2, 0.25) is 0 Å². The van der Waals surface area contributed by atoms with E-state index in [1.165, 1.54) is 0 Å². The van der Waals surface area contributed by atoms with E-state index >= 15 is 0 Å². The lowest BCUT2D eigenvalue weighted by Gasteiger charge is -2.08. The monoisotopic (exact) mass is 216 g/mol. The number of aldehydes is 1. The number of hydrogen-bond acceptors (Lipinski definition) is 3. The summed E-state index contributed by atoms with van der Waals surface area (Å²) in [4.78, 5) is 10.7. The number of carbonyl (C=O) groups is 1. The molecule has 0 N–H and O–H groups in total. The quantitative estimate of drug-likeness (QED) is 0.740. The van der Waals surface area contributed by atoms with Gasteiger partial charge in [-0.05, 0) is 23.6 Å². The fourth-order valence-corrected chi connectivity index (χ4v) is 1.69. The van der Waals surface area contributed by atoms with Crippen LogP contribution in [0.15, 0.2) is 30.3 Å². The Balaban J connectivity index is 2.73. The van der Waals surface area contributed by atoms with Gasteiger partial charge in [0.1, 0.15) is 17.8 Å². The SMILES string of the molecule is COc1cc(OC)c2ccc(C=O)cc2c1. The van der Waals surface area contributed by atoms with E-state index < -0.39 is 0 Å².